The van der Waals surface area contributed by atoms with E-state index in [0.29, 0.717) is 11.0 Å². The van der Waals surface area contributed by atoms with Gasteiger partial charge in [0, 0.05) is 30.9 Å². The summed E-state index contributed by atoms with van der Waals surface area (Å²) in [4.78, 5) is 0.0886. The van der Waals surface area contributed by atoms with Gasteiger partial charge in [0.2, 0.25) is 10.0 Å². The van der Waals surface area contributed by atoms with Gasteiger partial charge in [-0.25, -0.2) is 16.8 Å². The molecule has 0 aliphatic rings. The van der Waals surface area contributed by atoms with E-state index in [1.54, 1.807) is 12.1 Å². The minimum Gasteiger partial charge on any atom is -0.326 e. The van der Waals surface area contributed by atoms with E-state index in [2.05, 4.69) is 15.9 Å². The second kappa shape index (κ2) is 6.52. The average molecular weight is 385 g/mol. The molecule has 1 rings (SSSR count). The summed E-state index contributed by atoms with van der Waals surface area (Å²) in [5.41, 5.74) is 6.29. The molecule has 2 N–H and O–H groups in total. The maximum absolute atomic E-state index is 12.3. The molecule has 0 bridgehead atoms. The van der Waals surface area contributed by atoms with Crippen molar-refractivity contribution in [1.82, 2.24) is 4.31 Å². The zero-order chi connectivity index (χ0) is 15.6. The summed E-state index contributed by atoms with van der Waals surface area (Å²) >= 11 is 3.20. The van der Waals surface area contributed by atoms with Crippen molar-refractivity contribution in [2.75, 3.05) is 25.6 Å². The first-order valence-corrected chi connectivity index (χ1v) is 10.00. The number of nitrogens with two attached hydrogens (primary N) is 1. The van der Waals surface area contributed by atoms with Crippen molar-refractivity contribution in [2.24, 2.45) is 5.73 Å². The minimum absolute atomic E-state index is 0.0886. The summed E-state index contributed by atoms with van der Waals surface area (Å²) in [7, 11) is -5.60. The molecule has 0 radical (unpaired) electrons. The topological polar surface area (TPSA) is 97.5 Å². The van der Waals surface area contributed by atoms with E-state index in [9.17, 15) is 16.8 Å². The third-order valence-corrected chi connectivity index (χ3v) is 6.45. The molecule has 9 heteroatoms. The monoisotopic (exact) mass is 384 g/mol. The standard InChI is InChI=1S/C11H17BrN2O4S2/c1-14(5-6-19(2,15)16)20(17,18)11-4-3-9(8-13)7-10(11)12/h3-4,7H,5-6,8,13H2,1-2H3. The maximum atomic E-state index is 12.3. The molecule has 0 atom stereocenters. The van der Waals surface area contributed by atoms with E-state index in [-0.39, 0.29) is 17.2 Å². The molecule has 114 valence electrons. The highest BCUT2D eigenvalue weighted by Crippen LogP contribution is 2.25. The Balaban J connectivity index is 3.04. The molecule has 0 heterocycles. The van der Waals surface area contributed by atoms with Crippen molar-refractivity contribution in [3.8, 4) is 0 Å². The van der Waals surface area contributed by atoms with Crippen molar-refractivity contribution in [2.45, 2.75) is 11.4 Å². The van der Waals surface area contributed by atoms with E-state index in [1.807, 2.05) is 0 Å². The number of halogens is 1. The normalized spacial score (nSPS) is 12.8. The fourth-order valence-electron chi connectivity index (χ4n) is 1.46. The zero-order valence-corrected chi connectivity index (χ0v) is 14.4. The second-order valence-electron chi connectivity index (χ2n) is 4.43. The van der Waals surface area contributed by atoms with Crippen molar-refractivity contribution >= 4 is 35.8 Å². The molecule has 0 unspecified atom stereocenters. The fourth-order valence-corrected chi connectivity index (χ4v) is 4.44. The molecule has 0 saturated carbocycles. The Labute approximate surface area is 128 Å². The van der Waals surface area contributed by atoms with Gasteiger partial charge in [0.05, 0.1) is 10.6 Å². The number of hydrogen-bond acceptors (Lipinski definition) is 5. The molecule has 0 amide bonds. The van der Waals surface area contributed by atoms with E-state index in [4.69, 9.17) is 5.73 Å². The largest absolute Gasteiger partial charge is 0.326 e. The van der Waals surface area contributed by atoms with E-state index in [0.717, 1.165) is 16.1 Å². The highest BCUT2D eigenvalue weighted by Gasteiger charge is 2.24. The van der Waals surface area contributed by atoms with Crippen LogP contribution in [-0.4, -0.2) is 46.7 Å². The van der Waals surface area contributed by atoms with Crippen molar-refractivity contribution in [1.29, 1.82) is 0 Å². The lowest BCUT2D eigenvalue weighted by molar-refractivity contribution is 0.484. The second-order valence-corrected chi connectivity index (χ2v) is 9.55. The van der Waals surface area contributed by atoms with Crippen LogP contribution in [0.2, 0.25) is 0 Å². The van der Waals surface area contributed by atoms with E-state index < -0.39 is 19.9 Å². The summed E-state index contributed by atoms with van der Waals surface area (Å²) < 4.78 is 48.3. The van der Waals surface area contributed by atoms with Gasteiger partial charge in [-0.05, 0) is 33.6 Å². The smallest absolute Gasteiger partial charge is 0.243 e. The molecule has 20 heavy (non-hydrogen) atoms. The molecule has 1 aromatic carbocycles. The van der Waals surface area contributed by atoms with Gasteiger partial charge in [0.1, 0.15) is 9.84 Å². The SMILES string of the molecule is CN(CCS(C)(=O)=O)S(=O)(=O)c1ccc(CN)cc1Br. The first-order valence-electron chi connectivity index (χ1n) is 5.70. The van der Waals surface area contributed by atoms with Gasteiger partial charge in [0.25, 0.3) is 0 Å². The summed E-state index contributed by atoms with van der Waals surface area (Å²) in [6, 6.07) is 4.72. The van der Waals surface area contributed by atoms with Crippen LogP contribution in [0.25, 0.3) is 0 Å². The molecule has 6 nitrogen and oxygen atoms in total. The van der Waals surface area contributed by atoms with Crippen LogP contribution in [-0.2, 0) is 26.4 Å². The molecule has 0 fully saturated rings. The predicted molar refractivity (Wildman–Crippen MR) is 81.6 cm³/mol. The zero-order valence-electron chi connectivity index (χ0n) is 11.2. The van der Waals surface area contributed by atoms with Gasteiger partial charge >= 0.3 is 0 Å². The van der Waals surface area contributed by atoms with Gasteiger partial charge < -0.3 is 5.73 Å². The van der Waals surface area contributed by atoms with Crippen LogP contribution >= 0.6 is 15.9 Å². The van der Waals surface area contributed by atoms with E-state index in [1.165, 1.54) is 13.1 Å². The third kappa shape index (κ3) is 4.52. The van der Waals surface area contributed by atoms with Crippen LogP contribution in [0.4, 0.5) is 0 Å². The highest BCUT2D eigenvalue weighted by molar-refractivity contribution is 9.10. The number of sulfonamides is 1. The lowest BCUT2D eigenvalue weighted by atomic mass is 10.2. The van der Waals surface area contributed by atoms with Crippen LogP contribution < -0.4 is 5.73 Å². The van der Waals surface area contributed by atoms with Crippen LogP contribution in [0.3, 0.4) is 0 Å². The number of rotatable bonds is 6. The van der Waals surface area contributed by atoms with Crippen LogP contribution in [0, 0.1) is 0 Å². The third-order valence-electron chi connectivity index (χ3n) is 2.70. The molecular formula is C11H17BrN2O4S2. The van der Waals surface area contributed by atoms with Crippen LogP contribution in [0.15, 0.2) is 27.6 Å². The first-order chi connectivity index (χ1) is 9.08. The Morgan fingerprint density at radius 2 is 1.85 bits per heavy atom. The van der Waals surface area contributed by atoms with E-state index >= 15 is 0 Å². The van der Waals surface area contributed by atoms with Crippen molar-refractivity contribution < 1.29 is 16.8 Å². The predicted octanol–water partition coefficient (Wildman–Crippen LogP) is 0.573. The molecule has 0 spiro atoms. The molecule has 0 saturated heterocycles. The Hall–Kier alpha value is -0.480. The number of nitrogens with zero attached hydrogens (tertiary/aromatic N) is 1. The van der Waals surface area contributed by atoms with Crippen LogP contribution in [0.1, 0.15) is 5.56 Å². The minimum atomic E-state index is -3.74. The van der Waals surface area contributed by atoms with Gasteiger partial charge in [-0.2, -0.15) is 4.31 Å². The maximum Gasteiger partial charge on any atom is 0.243 e. The van der Waals surface area contributed by atoms with Crippen LogP contribution in [0.5, 0.6) is 0 Å². The number of benzene rings is 1. The van der Waals surface area contributed by atoms with Gasteiger partial charge in [0.15, 0.2) is 0 Å². The van der Waals surface area contributed by atoms with Gasteiger partial charge in [-0.1, -0.05) is 6.07 Å². The number of sulfone groups is 1. The highest BCUT2D eigenvalue weighted by atomic mass is 79.9. The fraction of sp³-hybridized carbons (Fsp3) is 0.455. The molecular weight excluding hydrogens is 368 g/mol. The lowest BCUT2D eigenvalue weighted by Gasteiger charge is -2.18. The lowest BCUT2D eigenvalue weighted by Crippen LogP contribution is -2.31. The molecule has 1 aromatic rings. The van der Waals surface area contributed by atoms with Gasteiger partial charge in [-0.3, -0.25) is 0 Å². The van der Waals surface area contributed by atoms with Gasteiger partial charge in [-0.15, -0.1) is 0 Å². The van der Waals surface area contributed by atoms with Crippen molar-refractivity contribution in [3.63, 3.8) is 0 Å². The number of hydrogen-bond donors (Lipinski definition) is 1. The summed E-state index contributed by atoms with van der Waals surface area (Å²) in [6.07, 6.45) is 1.07. The van der Waals surface area contributed by atoms with Crippen molar-refractivity contribution in [3.05, 3.63) is 28.2 Å². The Morgan fingerprint density at radius 1 is 1.25 bits per heavy atom. The Bertz CT molecular complexity index is 686. The molecule has 0 aliphatic carbocycles. The molecule has 0 aliphatic heterocycles. The average Bonchev–Trinajstić information content (AvgIpc) is 2.34. The molecule has 0 aromatic heterocycles. The first kappa shape index (κ1) is 17.6. The Morgan fingerprint density at radius 3 is 2.30 bits per heavy atom. The summed E-state index contributed by atoms with van der Waals surface area (Å²) in [5, 5.41) is 0. The Kier molecular flexibility index (Phi) is 5.73. The summed E-state index contributed by atoms with van der Waals surface area (Å²) in [6.45, 7) is 0.217. The summed E-state index contributed by atoms with van der Waals surface area (Å²) in [5.74, 6) is -0.221. The quantitative estimate of drug-likeness (QED) is 0.772.